The van der Waals surface area contributed by atoms with E-state index in [1.165, 1.54) is 0 Å². The van der Waals surface area contributed by atoms with Crippen molar-refractivity contribution in [1.29, 1.82) is 0 Å². The van der Waals surface area contributed by atoms with Crippen molar-refractivity contribution in [1.82, 2.24) is 16.0 Å². The second-order valence-electron chi connectivity index (χ2n) is 11.0. The predicted octanol–water partition coefficient (Wildman–Crippen LogP) is 3.86. The third kappa shape index (κ3) is 12.0. The maximum absolute atomic E-state index is 13.4. The fourth-order valence-corrected chi connectivity index (χ4v) is 3.97. The molecule has 2 rings (SSSR count). The third-order valence-electron chi connectivity index (χ3n) is 5.81. The van der Waals surface area contributed by atoms with Crippen LogP contribution in [0.4, 0.5) is 4.79 Å². The molecule has 0 saturated carbocycles. The first kappa shape index (κ1) is 31.3. The lowest BCUT2D eigenvalue weighted by molar-refractivity contribution is -0.142. The standard InChI is InChI=1S/C30H41N3O6/c1-20(2)18-24(27(35)32-25(28(36)37)19-22-14-10-7-11-15-22)31-26(34)23(33-29(38)39-30(3,4)5)17-16-21-12-8-6-9-13-21/h6-15,20,23-25H,16-19H2,1-5H3,(H,31,34)(H,32,35)(H,33,38)(H,36,37). The fourth-order valence-electron chi connectivity index (χ4n) is 3.97. The number of alkyl carbamates (subject to hydrolysis) is 1. The Morgan fingerprint density at radius 3 is 1.79 bits per heavy atom. The molecule has 3 atom stereocenters. The second-order valence-corrected chi connectivity index (χ2v) is 11.0. The number of carboxylic acids is 1. The number of hydrogen-bond acceptors (Lipinski definition) is 5. The average Bonchev–Trinajstić information content (AvgIpc) is 2.85. The first-order valence-corrected chi connectivity index (χ1v) is 13.2. The van der Waals surface area contributed by atoms with E-state index in [1.807, 2.05) is 50.2 Å². The summed E-state index contributed by atoms with van der Waals surface area (Å²) < 4.78 is 5.35. The molecule has 2 aromatic carbocycles. The van der Waals surface area contributed by atoms with Gasteiger partial charge in [0.2, 0.25) is 11.8 Å². The van der Waals surface area contributed by atoms with Gasteiger partial charge in [-0.25, -0.2) is 9.59 Å². The molecule has 0 aliphatic carbocycles. The molecule has 0 spiro atoms. The number of aliphatic carboxylic acids is 1. The quantitative estimate of drug-likeness (QED) is 0.306. The predicted molar refractivity (Wildman–Crippen MR) is 149 cm³/mol. The van der Waals surface area contributed by atoms with Gasteiger partial charge in [0.25, 0.3) is 0 Å². The molecule has 0 aliphatic rings. The highest BCUT2D eigenvalue weighted by atomic mass is 16.6. The van der Waals surface area contributed by atoms with E-state index in [4.69, 9.17) is 4.74 Å². The van der Waals surface area contributed by atoms with Gasteiger partial charge in [0.15, 0.2) is 0 Å². The number of nitrogens with one attached hydrogen (secondary N) is 3. The van der Waals surface area contributed by atoms with E-state index in [9.17, 15) is 24.3 Å². The van der Waals surface area contributed by atoms with Crippen molar-refractivity contribution in [3.63, 3.8) is 0 Å². The lowest BCUT2D eigenvalue weighted by Gasteiger charge is -2.26. The molecule has 0 bridgehead atoms. The number of amides is 3. The first-order chi connectivity index (χ1) is 18.3. The Balaban J connectivity index is 2.17. The van der Waals surface area contributed by atoms with Crippen molar-refractivity contribution in [2.75, 3.05) is 0 Å². The van der Waals surface area contributed by atoms with Crippen LogP contribution in [0.5, 0.6) is 0 Å². The zero-order valence-corrected chi connectivity index (χ0v) is 23.4. The Labute approximate surface area is 230 Å². The van der Waals surface area contributed by atoms with Crippen LogP contribution in [0, 0.1) is 5.92 Å². The molecule has 0 heterocycles. The number of carbonyl (C=O) groups excluding carboxylic acids is 3. The van der Waals surface area contributed by atoms with Gasteiger partial charge in [0, 0.05) is 6.42 Å². The van der Waals surface area contributed by atoms with E-state index in [0.717, 1.165) is 11.1 Å². The van der Waals surface area contributed by atoms with Gasteiger partial charge < -0.3 is 25.8 Å². The maximum Gasteiger partial charge on any atom is 0.408 e. The SMILES string of the molecule is CC(C)CC(NC(=O)C(CCc1ccccc1)NC(=O)OC(C)(C)C)C(=O)NC(Cc1ccccc1)C(=O)O. The van der Waals surface area contributed by atoms with Crippen molar-refractivity contribution in [2.24, 2.45) is 5.92 Å². The highest BCUT2D eigenvalue weighted by Crippen LogP contribution is 2.12. The second kappa shape index (κ2) is 14.9. The topological polar surface area (TPSA) is 134 Å². The van der Waals surface area contributed by atoms with Crippen LogP contribution in [0.3, 0.4) is 0 Å². The zero-order chi connectivity index (χ0) is 29.0. The summed E-state index contributed by atoms with van der Waals surface area (Å²) in [6, 6.07) is 15.4. The van der Waals surface area contributed by atoms with Crippen molar-refractivity contribution in [3.05, 3.63) is 71.8 Å². The van der Waals surface area contributed by atoms with Crippen LogP contribution in [-0.4, -0.2) is 52.7 Å². The molecular weight excluding hydrogens is 498 g/mol. The molecule has 9 nitrogen and oxygen atoms in total. The summed E-state index contributed by atoms with van der Waals surface area (Å²) in [5, 5.41) is 17.7. The summed E-state index contributed by atoms with van der Waals surface area (Å²) in [7, 11) is 0. The van der Waals surface area contributed by atoms with Gasteiger partial charge in [-0.15, -0.1) is 0 Å². The Morgan fingerprint density at radius 2 is 1.28 bits per heavy atom. The molecule has 0 saturated heterocycles. The maximum atomic E-state index is 13.4. The molecule has 4 N–H and O–H groups in total. The van der Waals surface area contributed by atoms with Gasteiger partial charge in [-0.1, -0.05) is 74.5 Å². The first-order valence-electron chi connectivity index (χ1n) is 13.2. The smallest absolute Gasteiger partial charge is 0.408 e. The zero-order valence-electron chi connectivity index (χ0n) is 23.4. The van der Waals surface area contributed by atoms with Crippen LogP contribution in [0.2, 0.25) is 0 Å². The summed E-state index contributed by atoms with van der Waals surface area (Å²) in [6.07, 6.45) is 0.427. The average molecular weight is 540 g/mol. The van der Waals surface area contributed by atoms with E-state index in [-0.39, 0.29) is 25.2 Å². The number of carboxylic acid groups (broad SMARTS) is 1. The van der Waals surface area contributed by atoms with E-state index in [1.54, 1.807) is 45.0 Å². The number of rotatable bonds is 13. The van der Waals surface area contributed by atoms with Gasteiger partial charge in [0.05, 0.1) is 0 Å². The van der Waals surface area contributed by atoms with Gasteiger partial charge in [-0.3, -0.25) is 9.59 Å². The molecule has 0 aromatic heterocycles. The normalized spacial score (nSPS) is 13.6. The Hall–Kier alpha value is -3.88. The highest BCUT2D eigenvalue weighted by Gasteiger charge is 2.31. The van der Waals surface area contributed by atoms with Gasteiger partial charge in [-0.2, -0.15) is 0 Å². The molecule has 0 radical (unpaired) electrons. The van der Waals surface area contributed by atoms with Gasteiger partial charge >= 0.3 is 12.1 Å². The minimum Gasteiger partial charge on any atom is -0.480 e. The van der Waals surface area contributed by atoms with Crippen molar-refractivity contribution >= 4 is 23.9 Å². The van der Waals surface area contributed by atoms with E-state index in [0.29, 0.717) is 6.42 Å². The molecule has 3 amide bonds. The summed E-state index contributed by atoms with van der Waals surface area (Å²) in [5.74, 6) is -2.29. The Bertz CT molecular complexity index is 1080. The van der Waals surface area contributed by atoms with Crippen LogP contribution in [-0.2, 0) is 32.0 Å². The third-order valence-corrected chi connectivity index (χ3v) is 5.81. The van der Waals surface area contributed by atoms with Crippen LogP contribution in [0.1, 0.15) is 58.6 Å². The molecule has 9 heteroatoms. The number of benzene rings is 2. The van der Waals surface area contributed by atoms with Crippen LogP contribution >= 0.6 is 0 Å². The van der Waals surface area contributed by atoms with Gasteiger partial charge in [-0.05, 0) is 57.1 Å². The lowest BCUT2D eigenvalue weighted by Crippen LogP contribution is -2.56. The number of aryl methyl sites for hydroxylation is 1. The molecule has 2 aromatic rings. The molecular formula is C30H41N3O6. The minimum atomic E-state index is -1.17. The molecule has 3 unspecified atom stereocenters. The summed E-state index contributed by atoms with van der Waals surface area (Å²) in [4.78, 5) is 51.0. The minimum absolute atomic E-state index is 0.0278. The van der Waals surface area contributed by atoms with E-state index in [2.05, 4.69) is 16.0 Å². The van der Waals surface area contributed by atoms with Crippen molar-refractivity contribution in [2.45, 2.75) is 84.0 Å². The monoisotopic (exact) mass is 539 g/mol. The fraction of sp³-hybridized carbons (Fsp3) is 0.467. The largest absolute Gasteiger partial charge is 0.480 e. The summed E-state index contributed by atoms with van der Waals surface area (Å²) >= 11 is 0. The van der Waals surface area contributed by atoms with Crippen molar-refractivity contribution < 1.29 is 29.0 Å². The highest BCUT2D eigenvalue weighted by molar-refractivity contribution is 5.93. The number of ether oxygens (including phenoxy) is 1. The number of carbonyl (C=O) groups is 4. The van der Waals surface area contributed by atoms with Crippen LogP contribution < -0.4 is 16.0 Å². The molecule has 0 aliphatic heterocycles. The van der Waals surface area contributed by atoms with Crippen LogP contribution in [0.25, 0.3) is 0 Å². The van der Waals surface area contributed by atoms with E-state index >= 15 is 0 Å². The molecule has 39 heavy (non-hydrogen) atoms. The van der Waals surface area contributed by atoms with Crippen LogP contribution in [0.15, 0.2) is 60.7 Å². The summed E-state index contributed by atoms with van der Waals surface area (Å²) in [6.45, 7) is 8.97. The Kier molecular flexibility index (Phi) is 12.0. The number of hydrogen-bond donors (Lipinski definition) is 4. The molecule has 212 valence electrons. The lowest BCUT2D eigenvalue weighted by atomic mass is 10.00. The Morgan fingerprint density at radius 1 is 0.769 bits per heavy atom. The van der Waals surface area contributed by atoms with Crippen molar-refractivity contribution in [3.8, 4) is 0 Å². The molecule has 0 fully saturated rings. The van der Waals surface area contributed by atoms with Gasteiger partial charge in [0.1, 0.15) is 23.7 Å². The summed E-state index contributed by atoms with van der Waals surface area (Å²) in [5.41, 5.74) is 0.995. The van der Waals surface area contributed by atoms with E-state index < -0.39 is 47.6 Å².